The summed E-state index contributed by atoms with van der Waals surface area (Å²) < 4.78 is 0.286. The molecule has 3 heterocycles. The van der Waals surface area contributed by atoms with E-state index in [1.165, 1.54) is 0 Å². The lowest BCUT2D eigenvalue weighted by Gasteiger charge is -2.34. The molecule has 1 unspecified atom stereocenters. The van der Waals surface area contributed by atoms with Gasteiger partial charge < -0.3 is 0 Å². The average Bonchev–Trinajstić information content (AvgIpc) is 2.91. The predicted octanol–water partition coefficient (Wildman–Crippen LogP) is 4.94. The number of pyridine rings is 1. The molecule has 0 N–H and O–H groups in total. The number of nitrogens with zero attached hydrogens (tertiary/aromatic N) is 4. The topological polar surface area (TPSA) is 37.6 Å². The lowest BCUT2D eigenvalue weighted by molar-refractivity contribution is 0.726. The Hall–Kier alpha value is -2.01. The van der Waals surface area contributed by atoms with Gasteiger partial charge in [0, 0.05) is 11.6 Å². The van der Waals surface area contributed by atoms with E-state index in [2.05, 4.69) is 15.0 Å². The first-order valence-corrected chi connectivity index (χ1v) is 7.48. The Morgan fingerprint density at radius 3 is 2.86 bits per heavy atom. The Morgan fingerprint density at radius 2 is 2.05 bits per heavy atom. The fraction of sp³-hybridized carbons (Fsp3) is 0.0625. The number of hydrogen-bond acceptors (Lipinski definition) is 3. The van der Waals surface area contributed by atoms with Crippen molar-refractivity contribution in [2.45, 2.75) is 6.92 Å². The molecular formula is C16H11Cl2N4+. The predicted molar refractivity (Wildman–Crippen MR) is 91.6 cm³/mol. The van der Waals surface area contributed by atoms with Crippen molar-refractivity contribution in [2.24, 2.45) is 9.98 Å². The molecule has 2 aromatic rings. The number of allylic oxidation sites excluding steroid dienone is 1. The molecule has 0 bridgehead atoms. The van der Waals surface area contributed by atoms with Gasteiger partial charge >= 0.3 is 0 Å². The summed E-state index contributed by atoms with van der Waals surface area (Å²) in [5, 5.41) is 1.09. The van der Waals surface area contributed by atoms with Crippen LogP contribution in [0, 0.1) is 6.92 Å². The zero-order valence-electron chi connectivity index (χ0n) is 11.7. The summed E-state index contributed by atoms with van der Waals surface area (Å²) in [6.45, 7) is 2.03. The van der Waals surface area contributed by atoms with Crippen molar-refractivity contribution < 1.29 is 0 Å². The van der Waals surface area contributed by atoms with E-state index in [9.17, 15) is 0 Å². The van der Waals surface area contributed by atoms with Gasteiger partial charge in [-0.15, -0.1) is 0 Å². The molecule has 2 aliphatic heterocycles. The van der Waals surface area contributed by atoms with Crippen LogP contribution in [0.4, 0.5) is 17.1 Å². The molecule has 0 saturated heterocycles. The van der Waals surface area contributed by atoms with Crippen LogP contribution >= 0.6 is 23.2 Å². The van der Waals surface area contributed by atoms with E-state index < -0.39 is 0 Å². The van der Waals surface area contributed by atoms with E-state index >= 15 is 0 Å². The Morgan fingerprint density at radius 1 is 1.18 bits per heavy atom. The van der Waals surface area contributed by atoms with Gasteiger partial charge in [0.1, 0.15) is 15.9 Å². The standard InChI is InChI=1S/C16H11Cl2N4/c1-10-3-2-4-12(17)16(10)22-9-19-6-11(22)7-20-13-5-15(18)21-8-14(13)22/h2-9H,1H3/q+1. The summed E-state index contributed by atoms with van der Waals surface area (Å²) in [6, 6.07) is 7.61. The van der Waals surface area contributed by atoms with Crippen molar-refractivity contribution in [1.82, 2.24) is 9.47 Å². The molecule has 1 atom stereocenters. The van der Waals surface area contributed by atoms with Crippen molar-refractivity contribution in [3.63, 3.8) is 0 Å². The molecule has 2 aliphatic rings. The van der Waals surface area contributed by atoms with E-state index in [0.29, 0.717) is 10.2 Å². The van der Waals surface area contributed by atoms with E-state index in [1.54, 1.807) is 24.7 Å². The quantitative estimate of drug-likeness (QED) is 0.539. The summed E-state index contributed by atoms with van der Waals surface area (Å²) in [5.41, 5.74) is 4.60. The fourth-order valence-corrected chi connectivity index (χ4v) is 3.50. The molecule has 4 rings (SSSR count). The van der Waals surface area contributed by atoms with Crippen molar-refractivity contribution >= 4 is 52.8 Å². The highest BCUT2D eigenvalue weighted by Crippen LogP contribution is 2.50. The second kappa shape index (κ2) is 4.74. The summed E-state index contributed by atoms with van der Waals surface area (Å²) in [6.07, 6.45) is 7.18. The van der Waals surface area contributed by atoms with Gasteiger partial charge in [-0.25, -0.2) is 15.0 Å². The zero-order valence-corrected chi connectivity index (χ0v) is 13.2. The van der Waals surface area contributed by atoms with Crippen molar-refractivity contribution in [3.05, 3.63) is 58.1 Å². The van der Waals surface area contributed by atoms with Crippen LogP contribution < -0.4 is 4.48 Å². The van der Waals surface area contributed by atoms with E-state index in [-0.39, 0.29) is 4.48 Å². The van der Waals surface area contributed by atoms with E-state index in [1.807, 2.05) is 31.5 Å². The third-order valence-corrected chi connectivity index (χ3v) is 4.45. The number of aromatic nitrogens is 1. The maximum Gasteiger partial charge on any atom is 0.205 e. The number of aryl methyl sites for hydroxylation is 1. The molecular weight excluding hydrogens is 319 g/mol. The van der Waals surface area contributed by atoms with Crippen LogP contribution in [0.25, 0.3) is 0 Å². The van der Waals surface area contributed by atoms with Crippen molar-refractivity contribution in [3.8, 4) is 0 Å². The first kappa shape index (κ1) is 13.6. The minimum Gasteiger partial charge on any atom is -0.244 e. The molecule has 0 amide bonds. The lowest BCUT2D eigenvalue weighted by Crippen LogP contribution is -2.42. The number of quaternary nitrogens is 1. The van der Waals surface area contributed by atoms with Crippen LogP contribution in [0.3, 0.4) is 0 Å². The summed E-state index contributed by atoms with van der Waals surface area (Å²) >= 11 is 12.5. The largest absolute Gasteiger partial charge is 0.244 e. The number of benzene rings is 1. The minimum atomic E-state index is 0.286. The first-order valence-electron chi connectivity index (χ1n) is 6.72. The number of para-hydroxylation sites is 1. The van der Waals surface area contributed by atoms with Gasteiger partial charge in [0.25, 0.3) is 0 Å². The van der Waals surface area contributed by atoms with Crippen molar-refractivity contribution in [1.29, 1.82) is 0 Å². The molecule has 1 aromatic heterocycles. The highest BCUT2D eigenvalue weighted by Gasteiger charge is 2.46. The first-order chi connectivity index (χ1) is 10.6. The second-order valence-electron chi connectivity index (χ2n) is 5.20. The molecule has 108 valence electrons. The van der Waals surface area contributed by atoms with Crippen LogP contribution in [0.1, 0.15) is 5.56 Å². The molecule has 0 saturated carbocycles. The average molecular weight is 330 g/mol. The molecule has 4 nitrogen and oxygen atoms in total. The summed E-state index contributed by atoms with van der Waals surface area (Å²) in [7, 11) is 0. The van der Waals surface area contributed by atoms with E-state index in [0.717, 1.165) is 28.3 Å². The van der Waals surface area contributed by atoms with Gasteiger partial charge in [-0.05, 0) is 13.0 Å². The molecule has 0 radical (unpaired) electrons. The highest BCUT2D eigenvalue weighted by atomic mass is 35.5. The molecule has 0 aliphatic carbocycles. The molecule has 1 aromatic carbocycles. The van der Waals surface area contributed by atoms with E-state index in [4.69, 9.17) is 23.2 Å². The molecule has 0 spiro atoms. The summed E-state index contributed by atoms with van der Waals surface area (Å²) in [5.74, 6) is 0. The highest BCUT2D eigenvalue weighted by molar-refractivity contribution is 6.34. The SMILES string of the molecule is Cc1cccc(Cl)c1[N+]12C=NC=C1C=Nc1cc(Cl)ncc12. The van der Waals surface area contributed by atoms with Gasteiger partial charge in [-0.2, -0.15) is 4.48 Å². The summed E-state index contributed by atoms with van der Waals surface area (Å²) in [4.78, 5) is 13.1. The van der Waals surface area contributed by atoms with Gasteiger partial charge in [0.15, 0.2) is 17.1 Å². The van der Waals surface area contributed by atoms with Gasteiger partial charge in [0.05, 0.1) is 18.6 Å². The normalized spacial score (nSPS) is 21.5. The molecule has 6 heteroatoms. The van der Waals surface area contributed by atoms with Crippen LogP contribution in [0.2, 0.25) is 10.2 Å². The monoisotopic (exact) mass is 329 g/mol. The van der Waals surface area contributed by atoms with Gasteiger partial charge in [-0.3, -0.25) is 0 Å². The molecule has 0 fully saturated rings. The smallest absolute Gasteiger partial charge is 0.205 e. The number of halogens is 2. The van der Waals surface area contributed by atoms with Crippen LogP contribution in [0.5, 0.6) is 0 Å². The third kappa shape index (κ3) is 1.72. The Bertz CT molecular complexity index is 865. The number of rotatable bonds is 1. The molecule has 22 heavy (non-hydrogen) atoms. The van der Waals surface area contributed by atoms with Crippen LogP contribution in [0.15, 0.2) is 52.3 Å². The lowest BCUT2D eigenvalue weighted by atomic mass is 10.1. The number of aliphatic imine (C=N–C) groups is 2. The zero-order chi connectivity index (χ0) is 15.3. The Kier molecular flexibility index (Phi) is 2.94. The van der Waals surface area contributed by atoms with Gasteiger partial charge in [0.2, 0.25) is 6.34 Å². The van der Waals surface area contributed by atoms with Crippen LogP contribution in [-0.4, -0.2) is 17.5 Å². The maximum absolute atomic E-state index is 6.53. The Labute approximate surface area is 137 Å². The second-order valence-corrected chi connectivity index (χ2v) is 5.99. The maximum atomic E-state index is 6.53. The number of fused-ring (bicyclic) bond motifs is 3. The van der Waals surface area contributed by atoms with Crippen molar-refractivity contribution in [2.75, 3.05) is 0 Å². The Balaban J connectivity index is 2.10. The van der Waals surface area contributed by atoms with Crippen LogP contribution in [-0.2, 0) is 0 Å². The minimum absolute atomic E-state index is 0.286. The van der Waals surface area contributed by atoms with Gasteiger partial charge in [-0.1, -0.05) is 35.3 Å². The fourth-order valence-electron chi connectivity index (χ4n) is 2.99. The number of hydrogen-bond donors (Lipinski definition) is 0. The third-order valence-electron chi connectivity index (χ3n) is 3.94.